The summed E-state index contributed by atoms with van der Waals surface area (Å²) in [6, 6.07) is 0.849. The van der Waals surface area contributed by atoms with Gasteiger partial charge in [-0.1, -0.05) is 19.3 Å². The second-order valence-electron chi connectivity index (χ2n) is 6.89. The van der Waals surface area contributed by atoms with Gasteiger partial charge >= 0.3 is 0 Å². The van der Waals surface area contributed by atoms with Crippen LogP contribution in [0.2, 0.25) is 0 Å². The Labute approximate surface area is 121 Å². The summed E-state index contributed by atoms with van der Waals surface area (Å²) in [5, 5.41) is 13.3. The molecule has 0 aromatic heterocycles. The zero-order chi connectivity index (χ0) is 13.9. The number of hydrogen-bond donors (Lipinski definition) is 2. The minimum Gasteiger partial charge on any atom is -0.393 e. The van der Waals surface area contributed by atoms with Crippen molar-refractivity contribution in [3.8, 4) is 0 Å². The Kier molecular flexibility index (Phi) is 4.61. The molecule has 4 nitrogen and oxygen atoms in total. The Hall–Kier alpha value is -0.610. The molecule has 3 atom stereocenters. The van der Waals surface area contributed by atoms with E-state index in [4.69, 9.17) is 0 Å². The number of likely N-dealkylation sites (tertiary alicyclic amines) is 1. The van der Waals surface area contributed by atoms with Crippen molar-refractivity contribution < 1.29 is 9.90 Å². The molecular weight excluding hydrogens is 252 g/mol. The van der Waals surface area contributed by atoms with Crippen LogP contribution in [0.3, 0.4) is 0 Å². The molecule has 1 aliphatic heterocycles. The fourth-order valence-electron chi connectivity index (χ4n) is 4.48. The van der Waals surface area contributed by atoms with Crippen LogP contribution in [0, 0.1) is 5.92 Å². The first-order valence-corrected chi connectivity index (χ1v) is 8.45. The molecule has 114 valence electrons. The van der Waals surface area contributed by atoms with Crippen molar-refractivity contribution in [3.63, 3.8) is 0 Å². The van der Waals surface area contributed by atoms with Crippen molar-refractivity contribution in [2.24, 2.45) is 5.92 Å². The van der Waals surface area contributed by atoms with Gasteiger partial charge < -0.3 is 10.4 Å². The summed E-state index contributed by atoms with van der Waals surface area (Å²) in [6.07, 6.45) is 10.2. The summed E-state index contributed by atoms with van der Waals surface area (Å²) in [4.78, 5) is 14.5. The summed E-state index contributed by atoms with van der Waals surface area (Å²) >= 11 is 0. The molecule has 3 aliphatic rings. The Morgan fingerprint density at radius 3 is 2.55 bits per heavy atom. The van der Waals surface area contributed by atoms with Crippen molar-refractivity contribution in [1.29, 1.82) is 0 Å². The zero-order valence-electron chi connectivity index (χ0n) is 12.4. The normalized spacial score (nSPS) is 35.8. The van der Waals surface area contributed by atoms with Crippen molar-refractivity contribution in [3.05, 3.63) is 0 Å². The Morgan fingerprint density at radius 1 is 1.05 bits per heavy atom. The van der Waals surface area contributed by atoms with Crippen molar-refractivity contribution >= 4 is 5.91 Å². The highest BCUT2D eigenvalue weighted by Crippen LogP contribution is 2.35. The van der Waals surface area contributed by atoms with Crippen LogP contribution >= 0.6 is 0 Å². The van der Waals surface area contributed by atoms with Crippen LogP contribution in [0.4, 0.5) is 0 Å². The van der Waals surface area contributed by atoms with E-state index in [9.17, 15) is 9.90 Å². The zero-order valence-corrected chi connectivity index (χ0v) is 12.4. The molecule has 2 aliphatic carbocycles. The molecule has 20 heavy (non-hydrogen) atoms. The second kappa shape index (κ2) is 6.44. The van der Waals surface area contributed by atoms with E-state index < -0.39 is 0 Å². The number of nitrogens with zero attached hydrogens (tertiary/aromatic N) is 1. The van der Waals surface area contributed by atoms with E-state index in [2.05, 4.69) is 10.2 Å². The van der Waals surface area contributed by atoms with E-state index in [1.807, 2.05) is 0 Å². The van der Waals surface area contributed by atoms with Crippen LogP contribution in [0.25, 0.3) is 0 Å². The van der Waals surface area contributed by atoms with Crippen molar-refractivity contribution in [2.75, 3.05) is 13.1 Å². The fourth-order valence-corrected chi connectivity index (χ4v) is 4.48. The second-order valence-corrected chi connectivity index (χ2v) is 6.89. The topological polar surface area (TPSA) is 52.6 Å². The van der Waals surface area contributed by atoms with E-state index in [0.29, 0.717) is 24.5 Å². The van der Waals surface area contributed by atoms with E-state index in [1.54, 1.807) is 0 Å². The smallest absolute Gasteiger partial charge is 0.234 e. The average Bonchev–Trinajstić information content (AvgIpc) is 3.11. The molecule has 2 N–H and O–H groups in total. The predicted octanol–water partition coefficient (Wildman–Crippen LogP) is 1.67. The Bertz CT molecular complexity index is 341. The molecule has 4 heteroatoms. The van der Waals surface area contributed by atoms with Gasteiger partial charge in [-0.05, 0) is 45.1 Å². The summed E-state index contributed by atoms with van der Waals surface area (Å²) in [7, 11) is 0. The van der Waals surface area contributed by atoms with Crippen LogP contribution < -0.4 is 5.32 Å². The van der Waals surface area contributed by atoms with E-state index in [-0.39, 0.29) is 12.0 Å². The van der Waals surface area contributed by atoms with Crippen LogP contribution in [0.15, 0.2) is 0 Å². The predicted molar refractivity (Wildman–Crippen MR) is 78.3 cm³/mol. The molecule has 0 spiro atoms. The van der Waals surface area contributed by atoms with E-state index in [1.165, 1.54) is 19.3 Å². The highest BCUT2D eigenvalue weighted by atomic mass is 16.3. The number of hydrogen-bond acceptors (Lipinski definition) is 3. The maximum absolute atomic E-state index is 12.2. The highest BCUT2D eigenvalue weighted by molar-refractivity contribution is 5.78. The largest absolute Gasteiger partial charge is 0.393 e. The van der Waals surface area contributed by atoms with Gasteiger partial charge in [0.05, 0.1) is 12.6 Å². The summed E-state index contributed by atoms with van der Waals surface area (Å²) < 4.78 is 0. The molecular formula is C16H28N2O2. The van der Waals surface area contributed by atoms with Gasteiger partial charge in [0.25, 0.3) is 0 Å². The van der Waals surface area contributed by atoms with Gasteiger partial charge in [0, 0.05) is 18.0 Å². The summed E-state index contributed by atoms with van der Waals surface area (Å²) in [5.74, 6) is 0.591. The van der Waals surface area contributed by atoms with Gasteiger partial charge in [-0.15, -0.1) is 0 Å². The molecule has 3 rings (SSSR count). The molecule has 0 aromatic carbocycles. The minimum absolute atomic E-state index is 0.140. The number of aliphatic hydroxyl groups is 1. The monoisotopic (exact) mass is 280 g/mol. The first-order chi connectivity index (χ1) is 9.74. The third-order valence-electron chi connectivity index (χ3n) is 5.51. The number of nitrogens with one attached hydrogen (secondary N) is 1. The van der Waals surface area contributed by atoms with E-state index in [0.717, 1.165) is 45.1 Å². The lowest BCUT2D eigenvalue weighted by atomic mass is 9.94. The van der Waals surface area contributed by atoms with Crippen LogP contribution in [0.5, 0.6) is 0 Å². The highest BCUT2D eigenvalue weighted by Gasteiger charge is 2.38. The van der Waals surface area contributed by atoms with Crippen LogP contribution in [0.1, 0.15) is 57.8 Å². The lowest BCUT2D eigenvalue weighted by Crippen LogP contribution is -2.46. The van der Waals surface area contributed by atoms with Gasteiger partial charge in [-0.2, -0.15) is 0 Å². The van der Waals surface area contributed by atoms with Gasteiger partial charge in [-0.25, -0.2) is 0 Å². The molecule has 0 radical (unpaired) electrons. The molecule has 1 heterocycles. The third-order valence-corrected chi connectivity index (χ3v) is 5.51. The van der Waals surface area contributed by atoms with Crippen molar-refractivity contribution in [2.45, 2.75) is 76.0 Å². The number of carbonyl (C=O) groups excluding carboxylic acids is 1. The first kappa shape index (κ1) is 14.3. The average molecular weight is 280 g/mol. The minimum atomic E-state index is -0.140. The number of amides is 1. The molecule has 1 saturated heterocycles. The van der Waals surface area contributed by atoms with Crippen LogP contribution in [-0.2, 0) is 4.79 Å². The van der Waals surface area contributed by atoms with Gasteiger partial charge in [-0.3, -0.25) is 9.69 Å². The summed E-state index contributed by atoms with van der Waals surface area (Å²) in [6.45, 7) is 1.55. The number of rotatable bonds is 4. The molecule has 2 saturated carbocycles. The van der Waals surface area contributed by atoms with Gasteiger partial charge in [0.1, 0.15) is 0 Å². The molecule has 3 fully saturated rings. The van der Waals surface area contributed by atoms with E-state index >= 15 is 0 Å². The lowest BCUT2D eigenvalue weighted by Gasteiger charge is -2.31. The summed E-state index contributed by atoms with van der Waals surface area (Å²) in [5.41, 5.74) is 0. The number of aliphatic hydroxyl groups excluding tert-OH is 1. The standard InChI is InChI=1S/C16H28N2O2/c19-15-9-3-7-13(15)14-8-4-10-18(14)11-16(20)17-12-5-1-2-6-12/h12-15,19H,1-11H2,(H,17,20). The molecule has 0 bridgehead atoms. The van der Waals surface area contributed by atoms with Gasteiger partial charge in [0.15, 0.2) is 0 Å². The van der Waals surface area contributed by atoms with Crippen LogP contribution in [-0.4, -0.2) is 47.2 Å². The molecule has 1 amide bonds. The maximum Gasteiger partial charge on any atom is 0.234 e. The van der Waals surface area contributed by atoms with Gasteiger partial charge in [0.2, 0.25) is 5.91 Å². The quantitative estimate of drug-likeness (QED) is 0.823. The Balaban J connectivity index is 1.51. The third kappa shape index (κ3) is 3.17. The Morgan fingerprint density at radius 2 is 1.85 bits per heavy atom. The SMILES string of the molecule is O=C(CN1CCCC1C1CCCC1O)NC1CCCC1. The molecule has 3 unspecified atom stereocenters. The fraction of sp³-hybridized carbons (Fsp3) is 0.938. The number of carbonyl (C=O) groups is 1. The van der Waals surface area contributed by atoms with Crippen molar-refractivity contribution in [1.82, 2.24) is 10.2 Å². The maximum atomic E-state index is 12.2. The lowest BCUT2D eigenvalue weighted by molar-refractivity contribution is -0.123. The molecule has 0 aromatic rings. The first-order valence-electron chi connectivity index (χ1n) is 8.45.